The smallest absolute Gasteiger partial charge is 0.230 e. The minimum absolute atomic E-state index is 0.145. The maximum Gasteiger partial charge on any atom is 0.230 e. The third-order valence-electron chi connectivity index (χ3n) is 5.15. The van der Waals surface area contributed by atoms with Gasteiger partial charge in [0.25, 0.3) is 0 Å². The molecule has 35 heavy (non-hydrogen) atoms. The maximum absolute atomic E-state index is 13.4. The van der Waals surface area contributed by atoms with Gasteiger partial charge in [0.1, 0.15) is 5.82 Å². The fourth-order valence-corrected chi connectivity index (χ4v) is 4.28. The van der Waals surface area contributed by atoms with Crippen molar-refractivity contribution in [2.24, 2.45) is 0 Å². The van der Waals surface area contributed by atoms with Crippen LogP contribution < -0.4 is 5.32 Å². The van der Waals surface area contributed by atoms with Gasteiger partial charge in [0.15, 0.2) is 16.8 Å². The van der Waals surface area contributed by atoms with E-state index in [1.807, 2.05) is 53.1 Å². The van der Waals surface area contributed by atoms with Crippen LogP contribution >= 0.6 is 11.8 Å². The lowest BCUT2D eigenvalue weighted by Gasteiger charge is -2.11. The van der Waals surface area contributed by atoms with E-state index >= 15 is 0 Å². The molecular weight excluding hydrogens is 465 g/mol. The number of thioether (sulfide) groups is 1. The molecule has 3 aromatic heterocycles. The number of nitrogens with one attached hydrogen (secondary N) is 1. The van der Waals surface area contributed by atoms with Gasteiger partial charge in [-0.1, -0.05) is 36.0 Å². The van der Waals surface area contributed by atoms with Gasteiger partial charge in [0, 0.05) is 41.9 Å². The molecule has 5 aromatic rings. The van der Waals surface area contributed by atoms with Crippen LogP contribution in [0.2, 0.25) is 0 Å². The standard InChI is InChI=1S/C25H20FN7OS/c26-20-11-9-18(10-12-20)24-30-31-25(33(24)21-7-2-1-3-8-21)35-17-22(34)28-16-19-6-4-13-27-23(19)32-15-5-14-29-32/h1-15H,16-17H2,(H,28,34). The molecule has 5 rings (SSSR count). The molecule has 10 heteroatoms. The Morgan fingerprint density at radius 1 is 0.943 bits per heavy atom. The second-order valence-corrected chi connectivity index (χ2v) is 8.43. The molecule has 0 bridgehead atoms. The highest BCUT2D eigenvalue weighted by Gasteiger charge is 2.17. The summed E-state index contributed by atoms with van der Waals surface area (Å²) in [5.41, 5.74) is 2.42. The number of para-hydroxylation sites is 1. The van der Waals surface area contributed by atoms with Crippen molar-refractivity contribution in [1.82, 2.24) is 34.8 Å². The second-order valence-electron chi connectivity index (χ2n) is 7.49. The molecular formula is C25H20FN7OS. The number of nitrogens with zero attached hydrogens (tertiary/aromatic N) is 6. The molecule has 0 unspecified atom stereocenters. The first-order chi connectivity index (χ1) is 17.2. The van der Waals surface area contributed by atoms with Crippen LogP contribution in [0.3, 0.4) is 0 Å². The largest absolute Gasteiger partial charge is 0.351 e. The zero-order valence-electron chi connectivity index (χ0n) is 18.5. The number of benzene rings is 2. The summed E-state index contributed by atoms with van der Waals surface area (Å²) < 4.78 is 17.0. The number of halogens is 1. The Morgan fingerprint density at radius 2 is 1.77 bits per heavy atom. The van der Waals surface area contributed by atoms with E-state index in [2.05, 4.69) is 25.6 Å². The minimum Gasteiger partial charge on any atom is -0.351 e. The molecule has 0 aliphatic rings. The van der Waals surface area contributed by atoms with Crippen molar-refractivity contribution in [2.75, 3.05) is 5.75 Å². The van der Waals surface area contributed by atoms with Gasteiger partial charge in [-0.3, -0.25) is 9.36 Å². The number of rotatable bonds is 8. The molecule has 0 saturated heterocycles. The van der Waals surface area contributed by atoms with Crippen molar-refractivity contribution in [3.05, 3.63) is 103 Å². The second kappa shape index (κ2) is 10.3. The number of aromatic nitrogens is 6. The van der Waals surface area contributed by atoms with Crippen LogP contribution in [0.15, 0.2) is 96.5 Å². The summed E-state index contributed by atoms with van der Waals surface area (Å²) in [7, 11) is 0. The highest BCUT2D eigenvalue weighted by Crippen LogP contribution is 2.28. The fraction of sp³-hybridized carbons (Fsp3) is 0.0800. The van der Waals surface area contributed by atoms with Gasteiger partial charge in [0.05, 0.1) is 5.75 Å². The molecule has 0 aliphatic heterocycles. The number of hydrogen-bond donors (Lipinski definition) is 1. The first-order valence-corrected chi connectivity index (χ1v) is 11.8. The lowest BCUT2D eigenvalue weighted by Crippen LogP contribution is -2.25. The third-order valence-corrected chi connectivity index (χ3v) is 6.08. The summed E-state index contributed by atoms with van der Waals surface area (Å²) in [6.45, 7) is 0.314. The predicted molar refractivity (Wildman–Crippen MR) is 131 cm³/mol. The number of carbonyl (C=O) groups excluding carboxylic acids is 1. The number of hydrogen-bond acceptors (Lipinski definition) is 6. The molecule has 0 spiro atoms. The van der Waals surface area contributed by atoms with Crippen LogP contribution in [-0.4, -0.2) is 41.2 Å². The molecule has 174 valence electrons. The van der Waals surface area contributed by atoms with Crippen molar-refractivity contribution >= 4 is 17.7 Å². The Morgan fingerprint density at radius 3 is 2.54 bits per heavy atom. The van der Waals surface area contributed by atoms with Gasteiger partial charge in [-0.2, -0.15) is 5.10 Å². The Hall–Kier alpha value is -4.31. The van der Waals surface area contributed by atoms with Gasteiger partial charge >= 0.3 is 0 Å². The average molecular weight is 486 g/mol. The zero-order chi connectivity index (χ0) is 24.0. The van der Waals surface area contributed by atoms with Crippen LogP contribution in [0, 0.1) is 5.82 Å². The van der Waals surface area contributed by atoms with Gasteiger partial charge in [-0.05, 0) is 48.5 Å². The SMILES string of the molecule is O=C(CSc1nnc(-c2ccc(F)cc2)n1-c1ccccc1)NCc1cccnc1-n1cccn1. The molecule has 8 nitrogen and oxygen atoms in total. The van der Waals surface area contributed by atoms with Crippen molar-refractivity contribution in [1.29, 1.82) is 0 Å². The first-order valence-electron chi connectivity index (χ1n) is 10.8. The highest BCUT2D eigenvalue weighted by atomic mass is 32.2. The van der Waals surface area contributed by atoms with E-state index in [0.29, 0.717) is 23.3 Å². The lowest BCUT2D eigenvalue weighted by atomic mass is 10.2. The van der Waals surface area contributed by atoms with Crippen molar-refractivity contribution < 1.29 is 9.18 Å². The van der Waals surface area contributed by atoms with E-state index in [9.17, 15) is 9.18 Å². The average Bonchev–Trinajstić information content (AvgIpc) is 3.58. The van der Waals surface area contributed by atoms with E-state index in [0.717, 1.165) is 16.8 Å². The van der Waals surface area contributed by atoms with E-state index in [-0.39, 0.29) is 17.5 Å². The Labute approximate surface area is 204 Å². The lowest BCUT2D eigenvalue weighted by molar-refractivity contribution is -0.118. The van der Waals surface area contributed by atoms with Crippen LogP contribution in [0.25, 0.3) is 22.9 Å². The van der Waals surface area contributed by atoms with Crippen molar-refractivity contribution in [2.45, 2.75) is 11.7 Å². The van der Waals surface area contributed by atoms with Crippen LogP contribution in [0.4, 0.5) is 4.39 Å². The van der Waals surface area contributed by atoms with Crippen LogP contribution in [0.5, 0.6) is 0 Å². The zero-order valence-corrected chi connectivity index (χ0v) is 19.3. The molecule has 0 saturated carbocycles. The first kappa shape index (κ1) is 22.5. The van der Waals surface area contributed by atoms with E-state index in [1.54, 1.807) is 35.4 Å². The monoisotopic (exact) mass is 485 g/mol. The summed E-state index contributed by atoms with van der Waals surface area (Å²) >= 11 is 1.28. The summed E-state index contributed by atoms with van der Waals surface area (Å²) in [4.78, 5) is 17.0. The molecule has 0 radical (unpaired) electrons. The molecule has 0 aliphatic carbocycles. The summed E-state index contributed by atoms with van der Waals surface area (Å²) in [5, 5.41) is 16.3. The Bertz CT molecular complexity index is 1420. The molecule has 0 atom stereocenters. The van der Waals surface area contributed by atoms with Crippen LogP contribution in [0.1, 0.15) is 5.56 Å². The van der Waals surface area contributed by atoms with E-state index < -0.39 is 0 Å². The quantitative estimate of drug-likeness (QED) is 0.333. The molecule has 0 fully saturated rings. The highest BCUT2D eigenvalue weighted by molar-refractivity contribution is 7.99. The topological polar surface area (TPSA) is 90.5 Å². The maximum atomic E-state index is 13.4. The number of amides is 1. The number of carbonyl (C=O) groups is 1. The summed E-state index contributed by atoms with van der Waals surface area (Å²) in [6, 6.07) is 21.2. The Balaban J connectivity index is 1.31. The number of pyridine rings is 1. The van der Waals surface area contributed by atoms with Crippen LogP contribution in [-0.2, 0) is 11.3 Å². The minimum atomic E-state index is -0.324. The summed E-state index contributed by atoms with van der Waals surface area (Å²) in [5.74, 6) is 0.897. The van der Waals surface area contributed by atoms with Gasteiger partial charge in [0.2, 0.25) is 5.91 Å². The summed E-state index contributed by atoms with van der Waals surface area (Å²) in [6.07, 6.45) is 5.17. The van der Waals surface area contributed by atoms with Gasteiger partial charge in [-0.25, -0.2) is 14.1 Å². The van der Waals surface area contributed by atoms with Crippen molar-refractivity contribution in [3.8, 4) is 22.9 Å². The Kier molecular flexibility index (Phi) is 6.62. The molecule has 3 heterocycles. The molecule has 2 aromatic carbocycles. The van der Waals surface area contributed by atoms with Gasteiger partial charge < -0.3 is 5.32 Å². The molecule has 1 amide bonds. The normalized spacial score (nSPS) is 10.9. The fourth-order valence-electron chi connectivity index (χ4n) is 3.50. The van der Waals surface area contributed by atoms with Gasteiger partial charge in [-0.15, -0.1) is 10.2 Å². The van der Waals surface area contributed by atoms with E-state index in [1.165, 1.54) is 23.9 Å². The van der Waals surface area contributed by atoms with E-state index in [4.69, 9.17) is 0 Å². The third kappa shape index (κ3) is 5.12. The molecule has 1 N–H and O–H groups in total. The van der Waals surface area contributed by atoms with Crippen molar-refractivity contribution in [3.63, 3.8) is 0 Å². The predicted octanol–water partition coefficient (Wildman–Crippen LogP) is 4.06.